The highest BCUT2D eigenvalue weighted by atomic mass is 16.5. The molecule has 5 heteroatoms. The zero-order valence-corrected chi connectivity index (χ0v) is 18.8. The van der Waals surface area contributed by atoms with Crippen LogP contribution in [0.2, 0.25) is 0 Å². The van der Waals surface area contributed by atoms with Crippen molar-refractivity contribution in [3.63, 3.8) is 0 Å². The van der Waals surface area contributed by atoms with Gasteiger partial charge in [-0.2, -0.15) is 0 Å². The molecule has 4 aliphatic carbocycles. The van der Waals surface area contributed by atoms with Crippen molar-refractivity contribution < 1.29 is 24.5 Å². The fourth-order valence-corrected chi connectivity index (χ4v) is 7.73. The summed E-state index contributed by atoms with van der Waals surface area (Å²) in [6, 6.07) is 0. The smallest absolute Gasteiger partial charge is 0.139 e. The monoisotopic (exact) mass is 432 g/mol. The van der Waals surface area contributed by atoms with Gasteiger partial charge >= 0.3 is 0 Å². The van der Waals surface area contributed by atoms with Crippen LogP contribution in [0.25, 0.3) is 0 Å². The van der Waals surface area contributed by atoms with Crippen LogP contribution in [-0.2, 0) is 14.3 Å². The Hall–Kier alpha value is -0.780. The first-order valence-corrected chi connectivity index (χ1v) is 13.1. The maximum Gasteiger partial charge on any atom is 0.139 e. The summed E-state index contributed by atoms with van der Waals surface area (Å²) in [6.07, 6.45) is 12.4. The first-order valence-electron chi connectivity index (χ1n) is 13.1. The van der Waals surface area contributed by atoms with Gasteiger partial charge in [-0.1, -0.05) is 0 Å². The summed E-state index contributed by atoms with van der Waals surface area (Å²) in [5.41, 5.74) is 0. The molecule has 2 N–H and O–H groups in total. The molecule has 0 aromatic carbocycles. The highest BCUT2D eigenvalue weighted by Crippen LogP contribution is 2.51. The van der Waals surface area contributed by atoms with Gasteiger partial charge < -0.3 is 14.9 Å². The molecule has 4 saturated carbocycles. The third kappa shape index (κ3) is 4.52. The van der Waals surface area contributed by atoms with Gasteiger partial charge in [0, 0.05) is 23.7 Å². The van der Waals surface area contributed by atoms with Crippen LogP contribution in [0.5, 0.6) is 0 Å². The summed E-state index contributed by atoms with van der Waals surface area (Å²) in [7, 11) is 0. The average Bonchev–Trinajstić information content (AvgIpc) is 3.16. The van der Waals surface area contributed by atoms with Crippen molar-refractivity contribution in [1.29, 1.82) is 0 Å². The van der Waals surface area contributed by atoms with Crippen molar-refractivity contribution in [2.45, 2.75) is 114 Å². The number of ether oxygens (including phenoxy) is 1. The topological polar surface area (TPSA) is 83.8 Å². The molecule has 5 nitrogen and oxygen atoms in total. The predicted molar refractivity (Wildman–Crippen MR) is 116 cm³/mol. The van der Waals surface area contributed by atoms with Crippen molar-refractivity contribution >= 4 is 11.6 Å². The Morgan fingerprint density at radius 2 is 0.871 bits per heavy atom. The molecule has 31 heavy (non-hydrogen) atoms. The van der Waals surface area contributed by atoms with Gasteiger partial charge in [0.15, 0.2) is 0 Å². The lowest BCUT2D eigenvalue weighted by molar-refractivity contribution is -0.132. The SMILES string of the molecule is O=C(C1CCC(O)CC1)C1CCC2C(C1)OC1CC(C(=O)C3CCC(O)CC3)CCC12. The van der Waals surface area contributed by atoms with Gasteiger partial charge in [0.2, 0.25) is 0 Å². The predicted octanol–water partition coefficient (Wildman–Crippen LogP) is 3.83. The average molecular weight is 433 g/mol. The van der Waals surface area contributed by atoms with E-state index in [0.29, 0.717) is 23.4 Å². The van der Waals surface area contributed by atoms with E-state index in [2.05, 4.69) is 0 Å². The van der Waals surface area contributed by atoms with Crippen molar-refractivity contribution in [3.05, 3.63) is 0 Å². The molecule has 5 fully saturated rings. The second-order valence-electron chi connectivity index (χ2n) is 11.4. The fraction of sp³-hybridized carbons (Fsp3) is 0.923. The van der Waals surface area contributed by atoms with Gasteiger partial charge in [0.25, 0.3) is 0 Å². The molecule has 6 atom stereocenters. The number of carbonyl (C=O) groups is 2. The van der Waals surface area contributed by atoms with Gasteiger partial charge in [0.05, 0.1) is 24.4 Å². The Bertz CT molecular complexity index is 605. The number of hydrogen-bond donors (Lipinski definition) is 2. The van der Waals surface area contributed by atoms with Crippen LogP contribution >= 0.6 is 0 Å². The van der Waals surface area contributed by atoms with Crippen LogP contribution in [0, 0.1) is 35.5 Å². The zero-order valence-electron chi connectivity index (χ0n) is 18.8. The summed E-state index contributed by atoms with van der Waals surface area (Å²) in [4.78, 5) is 26.2. The lowest BCUT2D eigenvalue weighted by Gasteiger charge is -2.36. The second kappa shape index (κ2) is 9.23. The summed E-state index contributed by atoms with van der Waals surface area (Å²) in [5.74, 6) is 2.55. The third-order valence-corrected chi connectivity index (χ3v) is 9.59. The number of aliphatic hydroxyl groups excluding tert-OH is 2. The van der Waals surface area contributed by atoms with Crippen LogP contribution in [0.15, 0.2) is 0 Å². The summed E-state index contributed by atoms with van der Waals surface area (Å²) >= 11 is 0. The largest absolute Gasteiger partial charge is 0.393 e. The lowest BCUT2D eigenvalue weighted by Crippen LogP contribution is -2.38. The minimum absolute atomic E-state index is 0.132. The number of ketones is 2. The van der Waals surface area contributed by atoms with Crippen molar-refractivity contribution in [1.82, 2.24) is 0 Å². The van der Waals surface area contributed by atoms with E-state index in [1.807, 2.05) is 0 Å². The van der Waals surface area contributed by atoms with E-state index in [-0.39, 0.29) is 48.1 Å². The first-order chi connectivity index (χ1) is 15.0. The number of aliphatic hydroxyl groups is 2. The fourth-order valence-electron chi connectivity index (χ4n) is 7.73. The van der Waals surface area contributed by atoms with Crippen molar-refractivity contribution in [2.75, 3.05) is 0 Å². The maximum absolute atomic E-state index is 13.1. The van der Waals surface area contributed by atoms with E-state index in [9.17, 15) is 19.8 Å². The molecular weight excluding hydrogens is 392 g/mol. The molecule has 0 aromatic rings. The zero-order chi connectivity index (χ0) is 21.5. The number of Topliss-reactive ketones (excluding diaryl/α,β-unsaturated/α-hetero) is 2. The molecule has 0 spiro atoms. The summed E-state index contributed by atoms with van der Waals surface area (Å²) in [6.45, 7) is 0. The van der Waals surface area contributed by atoms with E-state index in [4.69, 9.17) is 4.74 Å². The molecule has 174 valence electrons. The molecule has 5 rings (SSSR count). The van der Waals surface area contributed by atoms with Gasteiger partial charge in [-0.05, 0) is 102 Å². The number of hydrogen-bond acceptors (Lipinski definition) is 5. The molecule has 0 radical (unpaired) electrons. The lowest BCUT2D eigenvalue weighted by atomic mass is 9.66. The van der Waals surface area contributed by atoms with E-state index in [0.717, 1.165) is 89.9 Å². The minimum atomic E-state index is -0.213. The van der Waals surface area contributed by atoms with Crippen LogP contribution in [0.3, 0.4) is 0 Å². The molecular formula is C26H40O5. The molecule has 1 heterocycles. The maximum atomic E-state index is 13.1. The van der Waals surface area contributed by atoms with Gasteiger partial charge in [0.1, 0.15) is 11.6 Å². The molecule has 1 saturated heterocycles. The molecule has 0 bridgehead atoms. The highest BCUT2D eigenvalue weighted by Gasteiger charge is 2.51. The first kappa shape index (κ1) is 22.0. The molecule has 6 unspecified atom stereocenters. The third-order valence-electron chi connectivity index (χ3n) is 9.59. The molecule has 5 aliphatic rings. The number of rotatable bonds is 4. The highest BCUT2D eigenvalue weighted by molar-refractivity contribution is 5.84. The van der Waals surface area contributed by atoms with Crippen LogP contribution in [0.1, 0.15) is 89.9 Å². The minimum Gasteiger partial charge on any atom is -0.393 e. The summed E-state index contributed by atoms with van der Waals surface area (Å²) < 4.78 is 6.55. The number of carbonyl (C=O) groups excluding carboxylic acids is 2. The Labute approximate surface area is 186 Å². The van der Waals surface area contributed by atoms with E-state index >= 15 is 0 Å². The quantitative estimate of drug-likeness (QED) is 0.705. The normalized spacial score (nSPS) is 47.9. The van der Waals surface area contributed by atoms with E-state index < -0.39 is 0 Å². The number of fused-ring (bicyclic) bond motifs is 3. The Balaban J connectivity index is 1.15. The van der Waals surface area contributed by atoms with Crippen LogP contribution < -0.4 is 0 Å². The second-order valence-corrected chi connectivity index (χ2v) is 11.4. The molecule has 0 amide bonds. The van der Waals surface area contributed by atoms with Crippen LogP contribution in [-0.4, -0.2) is 46.2 Å². The molecule has 1 aliphatic heterocycles. The Kier molecular flexibility index (Phi) is 6.56. The van der Waals surface area contributed by atoms with E-state index in [1.165, 1.54) is 0 Å². The van der Waals surface area contributed by atoms with E-state index in [1.54, 1.807) is 0 Å². The van der Waals surface area contributed by atoms with Gasteiger partial charge in [-0.3, -0.25) is 9.59 Å². The van der Waals surface area contributed by atoms with Crippen LogP contribution in [0.4, 0.5) is 0 Å². The van der Waals surface area contributed by atoms with Gasteiger partial charge in [-0.15, -0.1) is 0 Å². The van der Waals surface area contributed by atoms with Crippen molar-refractivity contribution in [2.24, 2.45) is 35.5 Å². The van der Waals surface area contributed by atoms with Gasteiger partial charge in [-0.25, -0.2) is 0 Å². The van der Waals surface area contributed by atoms with Crippen molar-refractivity contribution in [3.8, 4) is 0 Å². The molecule has 0 aromatic heterocycles. The summed E-state index contributed by atoms with van der Waals surface area (Å²) in [5, 5.41) is 19.5. The Morgan fingerprint density at radius 3 is 1.26 bits per heavy atom. The Morgan fingerprint density at radius 1 is 0.516 bits per heavy atom. The standard InChI is InChI=1S/C26H40O5/c27-19-7-1-15(2-8-19)25(29)17-5-11-21-22-12-6-18(14-24(22)31-23(21)13-17)26(30)16-3-9-20(28)10-4-16/h15-24,27-28H,1-14H2.